The van der Waals surface area contributed by atoms with E-state index in [9.17, 15) is 9.59 Å². The second kappa shape index (κ2) is 6.19. The molecule has 3 atom stereocenters. The Bertz CT molecular complexity index is 1130. The SMILES string of the molecule is CC1(C)C2CCC1(C)C(NC(=O)Cn1c3ccccc3c(=O)c3ccccc31)C2. The number of carbonyl (C=O) groups excluding carboxylic acids is 1. The summed E-state index contributed by atoms with van der Waals surface area (Å²) in [5.41, 5.74) is 2.06. The summed E-state index contributed by atoms with van der Waals surface area (Å²) >= 11 is 0. The molecule has 2 aromatic carbocycles. The molecule has 0 aliphatic heterocycles. The zero-order valence-electron chi connectivity index (χ0n) is 17.4. The molecule has 3 aromatic rings. The number of nitrogens with one attached hydrogen (secondary N) is 1. The predicted molar refractivity (Wildman–Crippen MR) is 117 cm³/mol. The monoisotopic (exact) mass is 388 g/mol. The van der Waals surface area contributed by atoms with Crippen LogP contribution in [0.5, 0.6) is 0 Å². The maximum atomic E-state index is 13.2. The van der Waals surface area contributed by atoms with Crippen molar-refractivity contribution in [1.29, 1.82) is 0 Å². The highest BCUT2D eigenvalue weighted by Crippen LogP contribution is 2.65. The topological polar surface area (TPSA) is 51.1 Å². The van der Waals surface area contributed by atoms with Crippen LogP contribution in [0.4, 0.5) is 0 Å². The van der Waals surface area contributed by atoms with Gasteiger partial charge in [0.25, 0.3) is 0 Å². The number of fused-ring (bicyclic) bond motifs is 4. The van der Waals surface area contributed by atoms with Gasteiger partial charge in [-0.25, -0.2) is 0 Å². The molecule has 2 bridgehead atoms. The normalized spacial score (nSPS) is 27.6. The van der Waals surface area contributed by atoms with Crippen LogP contribution in [0.25, 0.3) is 21.8 Å². The van der Waals surface area contributed by atoms with Crippen molar-refractivity contribution in [3.63, 3.8) is 0 Å². The van der Waals surface area contributed by atoms with Crippen molar-refractivity contribution in [3.05, 3.63) is 58.8 Å². The molecule has 3 unspecified atom stereocenters. The van der Waals surface area contributed by atoms with E-state index >= 15 is 0 Å². The number of amides is 1. The Kier molecular flexibility index (Phi) is 3.93. The van der Waals surface area contributed by atoms with Crippen molar-refractivity contribution < 1.29 is 4.79 Å². The summed E-state index contributed by atoms with van der Waals surface area (Å²) in [5.74, 6) is 0.713. The van der Waals surface area contributed by atoms with Crippen LogP contribution < -0.4 is 10.7 Å². The third-order valence-electron chi connectivity index (χ3n) is 8.31. The first-order valence-corrected chi connectivity index (χ1v) is 10.6. The Morgan fingerprint density at radius 2 is 1.62 bits per heavy atom. The Morgan fingerprint density at radius 3 is 2.14 bits per heavy atom. The molecular formula is C25H28N2O2. The van der Waals surface area contributed by atoms with E-state index in [1.54, 1.807) is 0 Å². The Balaban J connectivity index is 1.52. The zero-order chi connectivity index (χ0) is 20.4. The lowest BCUT2D eigenvalue weighted by Crippen LogP contribution is -2.47. The number of nitrogens with zero attached hydrogens (tertiary/aromatic N) is 1. The van der Waals surface area contributed by atoms with Crippen LogP contribution in [0.2, 0.25) is 0 Å². The van der Waals surface area contributed by atoms with E-state index in [4.69, 9.17) is 0 Å². The van der Waals surface area contributed by atoms with Crippen LogP contribution in [0.3, 0.4) is 0 Å². The summed E-state index contributed by atoms with van der Waals surface area (Å²) in [7, 11) is 0. The molecule has 2 aliphatic carbocycles. The van der Waals surface area contributed by atoms with E-state index in [-0.39, 0.29) is 34.8 Å². The molecule has 2 fully saturated rings. The molecule has 4 heteroatoms. The van der Waals surface area contributed by atoms with Gasteiger partial charge in [-0.05, 0) is 60.3 Å². The summed E-state index contributed by atoms with van der Waals surface area (Å²) in [5, 5.41) is 4.68. The van der Waals surface area contributed by atoms with Gasteiger partial charge in [-0.3, -0.25) is 9.59 Å². The van der Waals surface area contributed by atoms with E-state index in [0.717, 1.165) is 17.5 Å². The number of hydrogen-bond donors (Lipinski definition) is 1. The fourth-order valence-corrected chi connectivity index (χ4v) is 6.05. The van der Waals surface area contributed by atoms with Crippen molar-refractivity contribution in [2.24, 2.45) is 16.7 Å². The Morgan fingerprint density at radius 1 is 1.03 bits per heavy atom. The van der Waals surface area contributed by atoms with Crippen molar-refractivity contribution >= 4 is 27.7 Å². The summed E-state index contributed by atoms with van der Waals surface area (Å²) in [6.07, 6.45) is 3.52. The van der Waals surface area contributed by atoms with Gasteiger partial charge in [0.05, 0.1) is 11.0 Å². The Hall–Kier alpha value is -2.62. The first-order chi connectivity index (χ1) is 13.8. The van der Waals surface area contributed by atoms with E-state index < -0.39 is 0 Å². The number of rotatable bonds is 3. The van der Waals surface area contributed by atoms with Gasteiger partial charge < -0.3 is 9.88 Å². The molecule has 5 rings (SSSR count). The highest BCUT2D eigenvalue weighted by atomic mass is 16.2. The maximum absolute atomic E-state index is 13.2. The number of carbonyl (C=O) groups is 1. The second-order valence-electron chi connectivity index (χ2n) is 9.68. The average molecular weight is 389 g/mol. The highest BCUT2D eigenvalue weighted by Gasteiger charge is 2.61. The molecule has 0 radical (unpaired) electrons. The standard InChI is InChI=1S/C25H28N2O2/c1-24(2)16-12-13-25(24,3)21(14-16)26-22(28)15-27-19-10-6-4-8-17(19)23(29)18-9-5-7-11-20(18)27/h4-11,16,21H,12-15H2,1-3H3,(H,26,28). The van der Waals surface area contributed by atoms with Crippen LogP contribution in [0, 0.1) is 16.7 Å². The molecule has 1 N–H and O–H groups in total. The predicted octanol–water partition coefficient (Wildman–Crippen LogP) is 4.49. The fourth-order valence-electron chi connectivity index (χ4n) is 6.05. The third-order valence-corrected chi connectivity index (χ3v) is 8.31. The molecule has 2 aliphatic rings. The Labute approximate surface area is 170 Å². The van der Waals surface area contributed by atoms with Crippen LogP contribution in [-0.2, 0) is 11.3 Å². The average Bonchev–Trinajstić information content (AvgIpc) is 3.05. The first-order valence-electron chi connectivity index (χ1n) is 10.6. The number of para-hydroxylation sites is 2. The smallest absolute Gasteiger partial charge is 0.240 e. The molecule has 150 valence electrons. The first kappa shape index (κ1) is 18.4. The van der Waals surface area contributed by atoms with Crippen molar-refractivity contribution in [2.45, 2.75) is 52.6 Å². The minimum Gasteiger partial charge on any atom is -0.351 e. The molecule has 1 amide bonds. The molecule has 29 heavy (non-hydrogen) atoms. The second-order valence-corrected chi connectivity index (χ2v) is 9.68. The molecule has 4 nitrogen and oxygen atoms in total. The lowest BCUT2D eigenvalue weighted by molar-refractivity contribution is -0.123. The van der Waals surface area contributed by atoms with Gasteiger partial charge in [0.1, 0.15) is 6.54 Å². The van der Waals surface area contributed by atoms with Crippen LogP contribution in [0.1, 0.15) is 40.0 Å². The van der Waals surface area contributed by atoms with Crippen molar-refractivity contribution in [2.75, 3.05) is 0 Å². The molecule has 0 spiro atoms. The van der Waals surface area contributed by atoms with E-state index in [1.807, 2.05) is 53.1 Å². The highest BCUT2D eigenvalue weighted by molar-refractivity contribution is 5.94. The summed E-state index contributed by atoms with van der Waals surface area (Å²) in [4.78, 5) is 26.1. The van der Waals surface area contributed by atoms with Gasteiger partial charge in [0.15, 0.2) is 5.43 Å². The van der Waals surface area contributed by atoms with Crippen LogP contribution >= 0.6 is 0 Å². The van der Waals surface area contributed by atoms with Gasteiger partial charge in [-0.2, -0.15) is 0 Å². The summed E-state index contributed by atoms with van der Waals surface area (Å²) in [6.45, 7) is 7.28. The third kappa shape index (κ3) is 2.51. The minimum atomic E-state index is 0.0234. The van der Waals surface area contributed by atoms with Crippen molar-refractivity contribution in [1.82, 2.24) is 9.88 Å². The largest absolute Gasteiger partial charge is 0.351 e. The zero-order valence-corrected chi connectivity index (χ0v) is 17.4. The molecule has 2 saturated carbocycles. The summed E-state index contributed by atoms with van der Waals surface area (Å²) in [6, 6.07) is 15.4. The van der Waals surface area contributed by atoms with E-state index in [0.29, 0.717) is 16.7 Å². The molecule has 1 heterocycles. The summed E-state index contributed by atoms with van der Waals surface area (Å²) < 4.78 is 1.99. The maximum Gasteiger partial charge on any atom is 0.240 e. The van der Waals surface area contributed by atoms with Gasteiger partial charge in [-0.1, -0.05) is 45.0 Å². The lowest BCUT2D eigenvalue weighted by Gasteiger charge is -2.39. The van der Waals surface area contributed by atoms with E-state index in [2.05, 4.69) is 26.1 Å². The van der Waals surface area contributed by atoms with Gasteiger partial charge >= 0.3 is 0 Å². The number of pyridine rings is 1. The molecule has 1 aromatic heterocycles. The molecule has 0 saturated heterocycles. The molecular weight excluding hydrogens is 360 g/mol. The van der Waals surface area contributed by atoms with Crippen LogP contribution in [0.15, 0.2) is 53.3 Å². The number of benzene rings is 2. The minimum absolute atomic E-state index is 0.0234. The van der Waals surface area contributed by atoms with Crippen molar-refractivity contribution in [3.8, 4) is 0 Å². The number of hydrogen-bond acceptors (Lipinski definition) is 2. The van der Waals surface area contributed by atoms with Gasteiger partial charge in [-0.15, -0.1) is 0 Å². The van der Waals surface area contributed by atoms with Gasteiger partial charge in [0.2, 0.25) is 5.91 Å². The number of aromatic nitrogens is 1. The van der Waals surface area contributed by atoms with E-state index in [1.165, 1.54) is 12.8 Å². The lowest BCUT2D eigenvalue weighted by atomic mass is 9.69. The quantitative estimate of drug-likeness (QED) is 0.672. The van der Waals surface area contributed by atoms with Crippen LogP contribution in [-0.4, -0.2) is 16.5 Å². The fraction of sp³-hybridized carbons (Fsp3) is 0.440. The van der Waals surface area contributed by atoms with Gasteiger partial charge in [0, 0.05) is 16.8 Å².